The molecule has 25 heavy (non-hydrogen) atoms. The summed E-state index contributed by atoms with van der Waals surface area (Å²) in [6.45, 7) is 8.49. The average molecular weight is 350 g/mol. The molecule has 0 radical (unpaired) electrons. The quantitative estimate of drug-likeness (QED) is 0.668. The van der Waals surface area contributed by atoms with Crippen molar-refractivity contribution in [3.63, 3.8) is 0 Å². The maximum absolute atomic E-state index is 12.7. The number of hydrogen-bond donors (Lipinski definition) is 0. The van der Waals surface area contributed by atoms with E-state index in [1.165, 1.54) is 0 Å². The lowest BCUT2D eigenvalue weighted by atomic mass is 9.66. The molecule has 0 saturated carbocycles. The van der Waals surface area contributed by atoms with Crippen molar-refractivity contribution in [3.8, 4) is 0 Å². The van der Waals surface area contributed by atoms with Crippen LogP contribution in [0.5, 0.6) is 0 Å². The predicted octanol–water partition coefficient (Wildman–Crippen LogP) is 2.31. The first-order chi connectivity index (χ1) is 11.8. The molecule has 0 aromatic heterocycles. The van der Waals surface area contributed by atoms with Gasteiger partial charge >= 0.3 is 0 Å². The minimum atomic E-state index is -0.666. The van der Waals surface area contributed by atoms with E-state index >= 15 is 0 Å². The molecule has 3 saturated heterocycles. The Morgan fingerprint density at radius 2 is 1.80 bits per heavy atom. The van der Waals surface area contributed by atoms with E-state index in [9.17, 15) is 4.79 Å². The van der Waals surface area contributed by atoms with Gasteiger partial charge in [-0.2, -0.15) is 0 Å². The third-order valence-electron chi connectivity index (χ3n) is 6.30. The molecule has 0 aromatic rings. The van der Waals surface area contributed by atoms with Crippen LogP contribution in [0.15, 0.2) is 11.3 Å². The van der Waals surface area contributed by atoms with Gasteiger partial charge in [0.2, 0.25) is 0 Å². The fourth-order valence-electron chi connectivity index (χ4n) is 5.23. The van der Waals surface area contributed by atoms with Crippen molar-refractivity contribution in [2.45, 2.75) is 82.9 Å². The normalized spacial score (nSPS) is 46.8. The highest BCUT2D eigenvalue weighted by molar-refractivity contribution is 5.97. The minimum Gasteiger partial charge on any atom is -0.491 e. The van der Waals surface area contributed by atoms with Gasteiger partial charge in [0.1, 0.15) is 23.6 Å². The third kappa shape index (κ3) is 2.27. The van der Waals surface area contributed by atoms with Gasteiger partial charge in [-0.1, -0.05) is 0 Å². The molecule has 3 fully saturated rings. The molecule has 0 amide bonds. The number of carbonyl (C=O) groups is 1. The smallest absolute Gasteiger partial charge is 0.190 e. The summed E-state index contributed by atoms with van der Waals surface area (Å²) in [5, 5.41) is 0. The van der Waals surface area contributed by atoms with Crippen LogP contribution in [0, 0.1) is 11.8 Å². The third-order valence-corrected chi connectivity index (χ3v) is 6.30. The summed E-state index contributed by atoms with van der Waals surface area (Å²) in [6, 6.07) is 0. The second-order valence-corrected chi connectivity index (χ2v) is 8.82. The van der Waals surface area contributed by atoms with Gasteiger partial charge in [-0.15, -0.1) is 0 Å². The summed E-state index contributed by atoms with van der Waals surface area (Å²) in [6.07, 6.45) is 1.19. The zero-order chi connectivity index (χ0) is 17.6. The molecule has 6 nitrogen and oxygen atoms in total. The van der Waals surface area contributed by atoms with E-state index in [2.05, 4.69) is 13.8 Å². The Bertz CT molecular complexity index is 650. The maximum Gasteiger partial charge on any atom is 0.190 e. The maximum atomic E-state index is 12.7. The van der Waals surface area contributed by atoms with Gasteiger partial charge in [0.05, 0.1) is 12.7 Å². The number of carbonyl (C=O) groups excluding carboxylic acids is 1. The summed E-state index contributed by atoms with van der Waals surface area (Å²) < 4.78 is 30.6. The Morgan fingerprint density at radius 1 is 1.00 bits per heavy atom. The van der Waals surface area contributed by atoms with Crippen LogP contribution in [0.3, 0.4) is 0 Å². The number of hydrogen-bond acceptors (Lipinski definition) is 6. The number of rotatable bonds is 0. The number of allylic oxidation sites excluding steroid dienone is 1. The van der Waals surface area contributed by atoms with Gasteiger partial charge in [-0.3, -0.25) is 4.79 Å². The van der Waals surface area contributed by atoms with Gasteiger partial charge < -0.3 is 23.7 Å². The second kappa shape index (κ2) is 5.06. The first-order valence-electron chi connectivity index (χ1n) is 9.35. The highest BCUT2D eigenvalue weighted by Crippen LogP contribution is 2.53. The summed E-state index contributed by atoms with van der Waals surface area (Å²) >= 11 is 0. The van der Waals surface area contributed by atoms with E-state index in [0.717, 1.165) is 24.2 Å². The molecular weight excluding hydrogens is 324 g/mol. The average Bonchev–Trinajstić information content (AvgIpc) is 2.98. The number of Topliss-reactive ketones (excluding diaryl/α,β-unsaturated/α-hetero) is 1. The Kier molecular flexibility index (Phi) is 3.29. The molecule has 138 valence electrons. The van der Waals surface area contributed by atoms with Crippen LogP contribution in [0.2, 0.25) is 0 Å². The number of ketones is 1. The molecule has 5 aliphatic rings. The molecule has 0 spiro atoms. The van der Waals surface area contributed by atoms with E-state index in [-0.39, 0.29) is 41.5 Å². The van der Waals surface area contributed by atoms with E-state index in [1.807, 2.05) is 13.8 Å². The molecule has 4 aliphatic heterocycles. The van der Waals surface area contributed by atoms with Crippen LogP contribution in [0.1, 0.15) is 47.0 Å². The standard InChI is InChI=1S/C19H26O6/c1-18(2)9-8-21-15-14(22-17-16(15)24-19(3,4)25-17)12(9)13-10(20)6-5-7-11(13)23-18/h9,12,14-17H,5-8H2,1-4H3/t9-,12+,14+,15-,16+,17+/m0/s1. The molecule has 0 bridgehead atoms. The lowest BCUT2D eigenvalue weighted by Crippen LogP contribution is -2.58. The fourth-order valence-corrected chi connectivity index (χ4v) is 5.23. The molecule has 6 heteroatoms. The van der Waals surface area contributed by atoms with Gasteiger partial charge in [-0.05, 0) is 34.1 Å². The van der Waals surface area contributed by atoms with Gasteiger partial charge in [0.15, 0.2) is 17.9 Å². The summed E-state index contributed by atoms with van der Waals surface area (Å²) in [5.74, 6) is 0.481. The van der Waals surface area contributed by atoms with Crippen LogP contribution >= 0.6 is 0 Å². The summed E-state index contributed by atoms with van der Waals surface area (Å²) in [4.78, 5) is 12.7. The van der Waals surface area contributed by atoms with E-state index in [1.54, 1.807) is 0 Å². The first kappa shape index (κ1) is 16.2. The molecule has 0 N–H and O–H groups in total. The van der Waals surface area contributed by atoms with Crippen molar-refractivity contribution >= 4 is 5.78 Å². The zero-order valence-corrected chi connectivity index (χ0v) is 15.2. The topological polar surface area (TPSA) is 63.2 Å². The molecule has 5 rings (SSSR count). The second-order valence-electron chi connectivity index (χ2n) is 8.82. The summed E-state index contributed by atoms with van der Waals surface area (Å²) in [7, 11) is 0. The van der Waals surface area contributed by atoms with Crippen LogP contribution < -0.4 is 0 Å². The lowest BCUT2D eigenvalue weighted by molar-refractivity contribution is -0.249. The van der Waals surface area contributed by atoms with Crippen molar-refractivity contribution in [1.29, 1.82) is 0 Å². The largest absolute Gasteiger partial charge is 0.491 e. The van der Waals surface area contributed by atoms with E-state index in [0.29, 0.717) is 13.0 Å². The van der Waals surface area contributed by atoms with Crippen LogP contribution in [-0.2, 0) is 28.5 Å². The molecule has 0 aromatic carbocycles. The number of fused-ring (bicyclic) bond motifs is 6. The Balaban J connectivity index is 1.54. The Labute approximate surface area is 147 Å². The van der Waals surface area contributed by atoms with Crippen molar-refractivity contribution in [1.82, 2.24) is 0 Å². The molecule has 1 aliphatic carbocycles. The van der Waals surface area contributed by atoms with Gasteiger partial charge in [-0.25, -0.2) is 0 Å². The Hall–Kier alpha value is -0.950. The highest BCUT2D eigenvalue weighted by atomic mass is 16.8. The highest BCUT2D eigenvalue weighted by Gasteiger charge is 2.64. The summed E-state index contributed by atoms with van der Waals surface area (Å²) in [5.41, 5.74) is 0.460. The van der Waals surface area contributed by atoms with E-state index < -0.39 is 12.1 Å². The monoisotopic (exact) mass is 350 g/mol. The van der Waals surface area contributed by atoms with Crippen LogP contribution in [0.4, 0.5) is 0 Å². The van der Waals surface area contributed by atoms with Gasteiger partial charge in [0.25, 0.3) is 0 Å². The van der Waals surface area contributed by atoms with Crippen LogP contribution in [-0.4, -0.2) is 48.4 Å². The van der Waals surface area contributed by atoms with Crippen molar-refractivity contribution in [2.75, 3.05) is 6.61 Å². The zero-order valence-electron chi connectivity index (χ0n) is 15.2. The Morgan fingerprint density at radius 3 is 2.60 bits per heavy atom. The van der Waals surface area contributed by atoms with E-state index in [4.69, 9.17) is 23.7 Å². The molecular formula is C19H26O6. The number of ether oxygens (including phenoxy) is 5. The lowest BCUT2D eigenvalue weighted by Gasteiger charge is -2.51. The van der Waals surface area contributed by atoms with Gasteiger partial charge in [0, 0.05) is 30.3 Å². The predicted molar refractivity (Wildman–Crippen MR) is 86.5 cm³/mol. The molecule has 0 unspecified atom stereocenters. The van der Waals surface area contributed by atoms with Crippen LogP contribution in [0.25, 0.3) is 0 Å². The van der Waals surface area contributed by atoms with Crippen molar-refractivity contribution in [3.05, 3.63) is 11.3 Å². The fraction of sp³-hybridized carbons (Fsp3) is 0.842. The van der Waals surface area contributed by atoms with Crippen molar-refractivity contribution < 1.29 is 28.5 Å². The molecule has 6 atom stereocenters. The van der Waals surface area contributed by atoms with Crippen molar-refractivity contribution in [2.24, 2.45) is 11.8 Å². The molecule has 4 heterocycles. The minimum absolute atomic E-state index is 0.00814. The first-order valence-corrected chi connectivity index (χ1v) is 9.35. The SMILES string of the molecule is CC1(C)O[C@H]2O[C@H]3[C@H](OC[C@H]4[C@@H]3C3=C(CCCC3=O)OC4(C)C)[C@H]2O1.